The third-order valence-electron chi connectivity index (χ3n) is 6.71. The van der Waals surface area contributed by atoms with Gasteiger partial charge in [-0.15, -0.1) is 4.83 Å². The lowest BCUT2D eigenvalue weighted by molar-refractivity contribution is 0.201. The first kappa shape index (κ1) is 24.7. The maximum Gasteiger partial charge on any atom is 0.246 e. The van der Waals surface area contributed by atoms with Crippen LogP contribution in [0, 0.1) is 17.5 Å². The predicted molar refractivity (Wildman–Crippen MR) is 131 cm³/mol. The second kappa shape index (κ2) is 10.2. The number of hydrogen-bond acceptors (Lipinski definition) is 4. The number of piperidine rings is 1. The van der Waals surface area contributed by atoms with Gasteiger partial charge in [0.2, 0.25) is 10.0 Å². The largest absolute Gasteiger partial charge is 0.246 e. The van der Waals surface area contributed by atoms with Gasteiger partial charge in [-0.05, 0) is 68.0 Å². The fourth-order valence-electron chi connectivity index (χ4n) is 5.08. The zero-order chi connectivity index (χ0) is 25.3. The number of nitrogens with one attached hydrogen (secondary N) is 1. The summed E-state index contributed by atoms with van der Waals surface area (Å²) in [4.78, 5) is 2.58. The molecule has 0 radical (unpaired) electrons. The Morgan fingerprint density at radius 1 is 1.03 bits per heavy atom. The lowest BCUT2D eigenvalue weighted by Gasteiger charge is -2.25. The number of nitrogens with zero attached hydrogens (tertiary/aromatic N) is 3. The minimum atomic E-state index is -3.75. The van der Waals surface area contributed by atoms with Crippen LogP contribution in [-0.4, -0.2) is 36.3 Å². The molecule has 1 aromatic heterocycles. The van der Waals surface area contributed by atoms with Crippen molar-refractivity contribution in [2.24, 2.45) is 0 Å². The molecule has 1 fully saturated rings. The zero-order valence-corrected chi connectivity index (χ0v) is 20.4. The van der Waals surface area contributed by atoms with Crippen molar-refractivity contribution in [3.8, 4) is 5.69 Å². The summed E-state index contributed by atoms with van der Waals surface area (Å²) in [6.07, 6.45) is 6.20. The number of rotatable bonds is 7. The van der Waals surface area contributed by atoms with Gasteiger partial charge < -0.3 is 0 Å². The van der Waals surface area contributed by atoms with Crippen molar-refractivity contribution >= 4 is 16.1 Å². The van der Waals surface area contributed by atoms with E-state index in [1.165, 1.54) is 29.0 Å². The molecule has 36 heavy (non-hydrogen) atoms. The molecule has 2 aromatic carbocycles. The van der Waals surface area contributed by atoms with Gasteiger partial charge >= 0.3 is 0 Å². The quantitative estimate of drug-likeness (QED) is 0.488. The average Bonchev–Trinajstić information content (AvgIpc) is 3.40. The summed E-state index contributed by atoms with van der Waals surface area (Å²) < 4.78 is 68.9. The van der Waals surface area contributed by atoms with Crippen LogP contribution in [0.5, 0.6) is 0 Å². The standard InChI is InChI=1S/C26H27F3N4O2S/c27-20-6-4-5-18(16-20)15-19-7-9-22-24(11-14-36(34,35)31-32-12-2-1-3-13-32)30-33(26(19)22)25-10-8-21(28)17-23(25)29/h4-6,8,10-11,14,16-17,19,31H,1-3,7,9,12-13,15H2. The number of sulfonamides is 1. The highest BCUT2D eigenvalue weighted by Gasteiger charge is 2.32. The fraction of sp³-hybridized carbons (Fsp3) is 0.346. The van der Waals surface area contributed by atoms with Crippen molar-refractivity contribution in [2.75, 3.05) is 13.1 Å². The Bertz CT molecular complexity index is 1400. The molecule has 1 saturated heterocycles. The van der Waals surface area contributed by atoms with E-state index in [1.807, 2.05) is 6.07 Å². The highest BCUT2D eigenvalue weighted by atomic mass is 32.2. The molecule has 1 aliphatic heterocycles. The summed E-state index contributed by atoms with van der Waals surface area (Å²) in [6.45, 7) is 1.31. The van der Waals surface area contributed by atoms with E-state index in [1.54, 1.807) is 11.1 Å². The number of hydrazine groups is 1. The molecule has 1 N–H and O–H groups in total. The van der Waals surface area contributed by atoms with Crippen molar-refractivity contribution < 1.29 is 21.6 Å². The minimum Gasteiger partial charge on any atom is -0.234 e. The Morgan fingerprint density at radius 2 is 1.81 bits per heavy atom. The molecule has 1 atom stereocenters. The average molecular weight is 517 g/mol. The number of halogens is 3. The molecular formula is C26H27F3N4O2S. The second-order valence-electron chi connectivity index (χ2n) is 9.31. The van der Waals surface area contributed by atoms with Crippen LogP contribution in [0.4, 0.5) is 13.2 Å². The molecule has 1 aliphatic carbocycles. The lowest BCUT2D eigenvalue weighted by atomic mass is 9.97. The van der Waals surface area contributed by atoms with Crippen LogP contribution in [0.2, 0.25) is 0 Å². The van der Waals surface area contributed by atoms with E-state index in [0.29, 0.717) is 38.0 Å². The van der Waals surface area contributed by atoms with Gasteiger partial charge in [-0.1, -0.05) is 18.6 Å². The van der Waals surface area contributed by atoms with Gasteiger partial charge in [-0.2, -0.15) is 5.10 Å². The molecule has 2 heterocycles. The molecular weight excluding hydrogens is 489 g/mol. The Balaban J connectivity index is 1.50. The third-order valence-corrected chi connectivity index (χ3v) is 7.72. The first-order valence-corrected chi connectivity index (χ1v) is 13.6. The number of aromatic nitrogens is 2. The molecule has 5 rings (SSSR count). The highest BCUT2D eigenvalue weighted by molar-refractivity contribution is 7.92. The first-order valence-electron chi connectivity index (χ1n) is 12.1. The van der Waals surface area contributed by atoms with Gasteiger partial charge in [-0.25, -0.2) is 31.3 Å². The van der Waals surface area contributed by atoms with E-state index < -0.39 is 21.7 Å². The van der Waals surface area contributed by atoms with E-state index in [9.17, 15) is 21.6 Å². The van der Waals surface area contributed by atoms with Gasteiger partial charge in [0.1, 0.15) is 17.3 Å². The highest BCUT2D eigenvalue weighted by Crippen LogP contribution is 2.39. The maximum atomic E-state index is 14.8. The first-order chi connectivity index (χ1) is 17.3. The van der Waals surface area contributed by atoms with E-state index in [2.05, 4.69) is 9.93 Å². The van der Waals surface area contributed by atoms with Gasteiger partial charge in [0.05, 0.1) is 11.4 Å². The van der Waals surface area contributed by atoms with Crippen molar-refractivity contribution in [2.45, 2.75) is 44.4 Å². The van der Waals surface area contributed by atoms with Crippen LogP contribution in [-0.2, 0) is 22.9 Å². The Morgan fingerprint density at radius 3 is 2.56 bits per heavy atom. The third kappa shape index (κ3) is 5.40. The molecule has 10 heteroatoms. The van der Waals surface area contributed by atoms with Gasteiger partial charge in [0.25, 0.3) is 0 Å². The normalized spacial score (nSPS) is 18.7. The Kier molecular flexibility index (Phi) is 7.00. The van der Waals surface area contributed by atoms with Gasteiger partial charge in [0.15, 0.2) is 5.82 Å². The SMILES string of the molecule is O=S(=O)(C=Cc1nn(-c2ccc(F)cc2F)c2c1CCC2Cc1cccc(F)c1)NN1CCCCC1. The molecule has 0 amide bonds. The van der Waals surface area contributed by atoms with E-state index in [-0.39, 0.29) is 17.4 Å². The predicted octanol–water partition coefficient (Wildman–Crippen LogP) is 4.85. The molecule has 0 bridgehead atoms. The molecule has 0 spiro atoms. The number of benzene rings is 2. The summed E-state index contributed by atoms with van der Waals surface area (Å²) >= 11 is 0. The molecule has 3 aromatic rings. The zero-order valence-electron chi connectivity index (χ0n) is 19.6. The van der Waals surface area contributed by atoms with Crippen LogP contribution in [0.15, 0.2) is 47.9 Å². The van der Waals surface area contributed by atoms with Crippen molar-refractivity contribution in [1.29, 1.82) is 0 Å². The summed E-state index contributed by atoms with van der Waals surface area (Å²) in [5.74, 6) is -1.90. The maximum absolute atomic E-state index is 14.8. The van der Waals surface area contributed by atoms with Crippen LogP contribution in [0.3, 0.4) is 0 Å². The molecule has 1 unspecified atom stereocenters. The fourth-order valence-corrected chi connectivity index (χ4v) is 5.99. The van der Waals surface area contributed by atoms with E-state index in [4.69, 9.17) is 0 Å². The van der Waals surface area contributed by atoms with E-state index >= 15 is 0 Å². The molecule has 190 valence electrons. The summed E-state index contributed by atoms with van der Waals surface area (Å²) in [7, 11) is -3.75. The topological polar surface area (TPSA) is 67.2 Å². The van der Waals surface area contributed by atoms with Gasteiger partial charge in [-0.3, -0.25) is 0 Å². The monoisotopic (exact) mass is 516 g/mol. The van der Waals surface area contributed by atoms with Crippen LogP contribution in [0.1, 0.15) is 54.1 Å². The Labute approximate surface area is 208 Å². The number of fused-ring (bicyclic) bond motifs is 1. The van der Waals surface area contributed by atoms with Crippen LogP contribution < -0.4 is 4.83 Å². The summed E-state index contributed by atoms with van der Waals surface area (Å²) in [5, 5.41) is 7.31. The number of hydrogen-bond donors (Lipinski definition) is 1. The van der Waals surface area contributed by atoms with E-state index in [0.717, 1.165) is 53.6 Å². The van der Waals surface area contributed by atoms with Crippen LogP contribution in [0.25, 0.3) is 11.8 Å². The molecule has 6 nitrogen and oxygen atoms in total. The van der Waals surface area contributed by atoms with Gasteiger partial charge in [0, 0.05) is 36.0 Å². The van der Waals surface area contributed by atoms with Crippen molar-refractivity contribution in [3.05, 3.63) is 87.8 Å². The van der Waals surface area contributed by atoms with Crippen molar-refractivity contribution in [3.63, 3.8) is 0 Å². The molecule has 0 saturated carbocycles. The minimum absolute atomic E-state index is 0.0766. The lowest BCUT2D eigenvalue weighted by Crippen LogP contribution is -2.44. The molecule has 2 aliphatic rings. The summed E-state index contributed by atoms with van der Waals surface area (Å²) in [6, 6.07) is 9.59. The Hall–Kier alpha value is -2.95. The summed E-state index contributed by atoms with van der Waals surface area (Å²) in [5.41, 5.74) is 2.83. The second-order valence-corrected chi connectivity index (χ2v) is 10.9. The van der Waals surface area contributed by atoms with Crippen molar-refractivity contribution in [1.82, 2.24) is 19.6 Å². The van der Waals surface area contributed by atoms with Crippen LogP contribution >= 0.6 is 0 Å². The smallest absolute Gasteiger partial charge is 0.234 e.